The molecule has 1 saturated heterocycles. The van der Waals surface area contributed by atoms with Gasteiger partial charge in [-0.25, -0.2) is 9.69 Å². The predicted molar refractivity (Wildman–Crippen MR) is 99.6 cm³/mol. The maximum absolute atomic E-state index is 12.9. The van der Waals surface area contributed by atoms with Gasteiger partial charge in [0, 0.05) is 0 Å². The Morgan fingerprint density at radius 2 is 1.78 bits per heavy atom. The molecule has 27 heavy (non-hydrogen) atoms. The van der Waals surface area contributed by atoms with Crippen LogP contribution >= 0.6 is 0 Å². The molecule has 1 aliphatic rings. The highest BCUT2D eigenvalue weighted by atomic mass is 16.5. The van der Waals surface area contributed by atoms with Crippen molar-refractivity contribution in [1.82, 2.24) is 5.32 Å². The molecule has 7 nitrogen and oxygen atoms in total. The van der Waals surface area contributed by atoms with Crippen LogP contribution in [0.25, 0.3) is 6.08 Å². The molecule has 4 amide bonds. The van der Waals surface area contributed by atoms with Gasteiger partial charge < -0.3 is 9.84 Å². The zero-order valence-electron chi connectivity index (χ0n) is 15.1. The molecule has 7 heteroatoms. The molecule has 0 saturated carbocycles. The van der Waals surface area contributed by atoms with Gasteiger partial charge >= 0.3 is 6.03 Å². The van der Waals surface area contributed by atoms with Gasteiger partial charge in [-0.05, 0) is 60.9 Å². The number of rotatable bonds is 3. The third-order valence-electron chi connectivity index (χ3n) is 4.37. The third-order valence-corrected chi connectivity index (χ3v) is 4.37. The van der Waals surface area contributed by atoms with Gasteiger partial charge in [0.2, 0.25) is 0 Å². The average Bonchev–Trinajstić information content (AvgIpc) is 2.62. The van der Waals surface area contributed by atoms with Gasteiger partial charge in [-0.3, -0.25) is 14.9 Å². The molecular weight excluding hydrogens is 348 g/mol. The number of anilines is 1. The maximum atomic E-state index is 12.9. The van der Waals surface area contributed by atoms with Gasteiger partial charge in [0.15, 0.2) is 11.5 Å². The van der Waals surface area contributed by atoms with Crippen LogP contribution in [-0.2, 0) is 9.59 Å². The number of phenolic OH excluding ortho intramolecular Hbond substituents is 1. The normalized spacial score (nSPS) is 15.9. The summed E-state index contributed by atoms with van der Waals surface area (Å²) in [6.07, 6.45) is 1.35. The van der Waals surface area contributed by atoms with E-state index in [2.05, 4.69) is 5.32 Å². The second-order valence-electron chi connectivity index (χ2n) is 6.16. The molecule has 0 unspecified atom stereocenters. The van der Waals surface area contributed by atoms with E-state index in [0.717, 1.165) is 16.0 Å². The number of ether oxygens (including phenoxy) is 1. The lowest BCUT2D eigenvalue weighted by molar-refractivity contribution is -0.122. The van der Waals surface area contributed by atoms with E-state index in [1.165, 1.54) is 31.4 Å². The highest BCUT2D eigenvalue weighted by molar-refractivity contribution is 6.39. The average molecular weight is 366 g/mol. The number of hydrogen-bond acceptors (Lipinski definition) is 5. The SMILES string of the molecule is COc1cc(/C=C2/C(=O)NC(=O)N(c3ccc(C)c(C)c3)C2=O)ccc1O. The fourth-order valence-corrected chi connectivity index (χ4v) is 2.71. The first-order valence-electron chi connectivity index (χ1n) is 8.17. The van der Waals surface area contributed by atoms with Crippen molar-refractivity contribution in [2.45, 2.75) is 13.8 Å². The fraction of sp³-hybridized carbons (Fsp3) is 0.150. The molecule has 0 spiro atoms. The number of benzene rings is 2. The number of urea groups is 1. The predicted octanol–water partition coefficient (Wildman–Crippen LogP) is 2.68. The lowest BCUT2D eigenvalue weighted by atomic mass is 10.0. The Balaban J connectivity index is 2.03. The van der Waals surface area contributed by atoms with Crippen LogP contribution in [0.5, 0.6) is 11.5 Å². The minimum atomic E-state index is -0.798. The van der Waals surface area contributed by atoms with Gasteiger partial charge in [-0.1, -0.05) is 12.1 Å². The largest absolute Gasteiger partial charge is 0.504 e. The molecule has 0 radical (unpaired) electrons. The van der Waals surface area contributed by atoms with Crippen LogP contribution in [0, 0.1) is 13.8 Å². The molecule has 2 aromatic carbocycles. The summed E-state index contributed by atoms with van der Waals surface area (Å²) in [5.41, 5.74) is 2.59. The Hall–Kier alpha value is -3.61. The van der Waals surface area contributed by atoms with E-state index in [4.69, 9.17) is 4.74 Å². The molecule has 1 fully saturated rings. The number of nitrogens with one attached hydrogen (secondary N) is 1. The van der Waals surface area contributed by atoms with Crippen LogP contribution in [0.4, 0.5) is 10.5 Å². The van der Waals surface area contributed by atoms with Gasteiger partial charge in [0.05, 0.1) is 12.8 Å². The first-order chi connectivity index (χ1) is 12.8. The molecule has 2 N–H and O–H groups in total. The molecule has 2 aromatic rings. The number of barbiturate groups is 1. The van der Waals surface area contributed by atoms with E-state index in [1.807, 2.05) is 13.8 Å². The van der Waals surface area contributed by atoms with Crippen molar-refractivity contribution in [3.63, 3.8) is 0 Å². The minimum Gasteiger partial charge on any atom is -0.504 e. The standard InChI is InChI=1S/C20H18N2O5/c1-11-4-6-14(8-12(11)2)22-19(25)15(18(24)21-20(22)26)9-13-5-7-16(23)17(10-13)27-3/h4-10,23H,1-3H3,(H,21,24,26)/b15-9-. The van der Waals surface area contributed by atoms with Crippen molar-refractivity contribution in [3.8, 4) is 11.5 Å². The molecule has 0 aliphatic carbocycles. The van der Waals surface area contributed by atoms with Gasteiger partial charge in [-0.15, -0.1) is 0 Å². The summed E-state index contributed by atoms with van der Waals surface area (Å²) in [5, 5.41) is 11.9. The number of aromatic hydroxyl groups is 1. The van der Waals surface area contributed by atoms with Crippen LogP contribution < -0.4 is 15.0 Å². The summed E-state index contributed by atoms with van der Waals surface area (Å²) in [4.78, 5) is 38.3. The van der Waals surface area contributed by atoms with E-state index < -0.39 is 17.8 Å². The number of carbonyl (C=O) groups is 3. The molecule has 138 valence electrons. The van der Waals surface area contributed by atoms with Crippen molar-refractivity contribution in [2.75, 3.05) is 12.0 Å². The minimum absolute atomic E-state index is 0.0639. The van der Waals surface area contributed by atoms with Crippen molar-refractivity contribution < 1.29 is 24.2 Å². The number of hydrogen-bond donors (Lipinski definition) is 2. The van der Waals surface area contributed by atoms with Crippen molar-refractivity contribution >= 4 is 29.6 Å². The lowest BCUT2D eigenvalue weighted by Crippen LogP contribution is -2.54. The monoisotopic (exact) mass is 366 g/mol. The third kappa shape index (κ3) is 3.39. The van der Waals surface area contributed by atoms with Crippen molar-refractivity contribution in [1.29, 1.82) is 0 Å². The zero-order chi connectivity index (χ0) is 19.7. The quantitative estimate of drug-likeness (QED) is 0.643. The van der Waals surface area contributed by atoms with Crippen molar-refractivity contribution in [2.24, 2.45) is 0 Å². The zero-order valence-corrected chi connectivity index (χ0v) is 15.1. The van der Waals surface area contributed by atoms with Crippen LogP contribution in [0.1, 0.15) is 16.7 Å². The molecule has 0 aromatic heterocycles. The Morgan fingerprint density at radius 3 is 2.44 bits per heavy atom. The number of nitrogens with zero attached hydrogens (tertiary/aromatic N) is 1. The first kappa shape index (κ1) is 18.2. The Labute approximate surface area is 155 Å². The summed E-state index contributed by atoms with van der Waals surface area (Å²) in [7, 11) is 1.39. The summed E-state index contributed by atoms with van der Waals surface area (Å²) < 4.78 is 5.03. The first-order valence-corrected chi connectivity index (χ1v) is 8.17. The number of imide groups is 2. The van der Waals surface area contributed by atoms with Crippen molar-refractivity contribution in [3.05, 3.63) is 58.7 Å². The number of phenols is 1. The van der Waals surface area contributed by atoms with E-state index >= 15 is 0 Å². The number of aryl methyl sites for hydroxylation is 2. The Bertz CT molecular complexity index is 994. The number of methoxy groups -OCH3 is 1. The second-order valence-corrected chi connectivity index (χ2v) is 6.16. The number of carbonyl (C=O) groups excluding carboxylic acids is 3. The molecule has 1 aliphatic heterocycles. The second kappa shape index (κ2) is 6.95. The summed E-state index contributed by atoms with van der Waals surface area (Å²) >= 11 is 0. The molecule has 3 rings (SSSR count). The fourth-order valence-electron chi connectivity index (χ4n) is 2.71. The Morgan fingerprint density at radius 1 is 1.04 bits per heavy atom. The van der Waals surface area contributed by atoms with E-state index in [0.29, 0.717) is 11.3 Å². The molecule has 0 bridgehead atoms. The highest BCUT2D eigenvalue weighted by Crippen LogP contribution is 2.28. The smallest absolute Gasteiger partial charge is 0.335 e. The highest BCUT2D eigenvalue weighted by Gasteiger charge is 2.36. The van der Waals surface area contributed by atoms with Crippen LogP contribution in [0.15, 0.2) is 42.0 Å². The summed E-state index contributed by atoms with van der Waals surface area (Å²) in [6.45, 7) is 3.79. The van der Waals surface area contributed by atoms with Crippen LogP contribution in [-0.4, -0.2) is 30.1 Å². The summed E-state index contributed by atoms with van der Waals surface area (Å²) in [5.74, 6) is -1.36. The molecule has 1 heterocycles. The van der Waals surface area contributed by atoms with Gasteiger partial charge in [0.1, 0.15) is 5.57 Å². The maximum Gasteiger partial charge on any atom is 0.335 e. The van der Waals surface area contributed by atoms with E-state index in [1.54, 1.807) is 18.2 Å². The Kier molecular flexibility index (Phi) is 4.68. The van der Waals surface area contributed by atoms with Crippen LogP contribution in [0.3, 0.4) is 0 Å². The molecular formula is C20H18N2O5. The topological polar surface area (TPSA) is 95.9 Å². The van der Waals surface area contributed by atoms with Gasteiger partial charge in [-0.2, -0.15) is 0 Å². The number of amides is 4. The van der Waals surface area contributed by atoms with E-state index in [-0.39, 0.29) is 17.1 Å². The van der Waals surface area contributed by atoms with E-state index in [9.17, 15) is 19.5 Å². The molecule has 0 atom stereocenters. The van der Waals surface area contributed by atoms with Gasteiger partial charge in [0.25, 0.3) is 11.8 Å². The van der Waals surface area contributed by atoms with Crippen LogP contribution in [0.2, 0.25) is 0 Å². The lowest BCUT2D eigenvalue weighted by Gasteiger charge is -2.26. The summed E-state index contributed by atoms with van der Waals surface area (Å²) in [6, 6.07) is 8.77.